The minimum atomic E-state index is -0.550. The topological polar surface area (TPSA) is 101 Å². The summed E-state index contributed by atoms with van der Waals surface area (Å²) in [4.78, 5) is 30.6. The lowest BCUT2D eigenvalue weighted by Crippen LogP contribution is -2.39. The van der Waals surface area contributed by atoms with Crippen LogP contribution in [0.2, 0.25) is 0 Å². The normalized spacial score (nSPS) is 11.2. The molecule has 0 spiro atoms. The van der Waals surface area contributed by atoms with E-state index in [-0.39, 0.29) is 49.1 Å². The van der Waals surface area contributed by atoms with Crippen molar-refractivity contribution < 1.29 is 19.0 Å². The van der Waals surface area contributed by atoms with Gasteiger partial charge in [0.05, 0.1) is 13.7 Å². The van der Waals surface area contributed by atoms with Crippen LogP contribution in [0.3, 0.4) is 0 Å². The molecule has 0 amide bonds. The summed E-state index contributed by atoms with van der Waals surface area (Å²) in [7, 11) is 3.02. The fourth-order valence-electron chi connectivity index (χ4n) is 3.58. The molecule has 2 heterocycles. The maximum absolute atomic E-state index is 13.4. The van der Waals surface area contributed by atoms with Crippen LogP contribution in [0.4, 0.5) is 4.39 Å². The number of ether oxygens (including phenoxy) is 2. The van der Waals surface area contributed by atoms with E-state index in [0.717, 1.165) is 4.57 Å². The Labute approximate surface area is 187 Å². The molecule has 0 aliphatic carbocycles. The van der Waals surface area contributed by atoms with Gasteiger partial charge in [-0.1, -0.05) is 24.3 Å². The second-order valence-electron chi connectivity index (χ2n) is 7.41. The minimum Gasteiger partial charge on any atom is -0.493 e. The zero-order valence-electron chi connectivity index (χ0n) is 18.2. The Morgan fingerprint density at radius 3 is 2.39 bits per heavy atom. The van der Waals surface area contributed by atoms with Crippen LogP contribution < -0.4 is 20.7 Å². The molecule has 1 N–H and O–H groups in total. The number of rotatable bonds is 8. The van der Waals surface area contributed by atoms with Gasteiger partial charge in [0.15, 0.2) is 22.7 Å². The van der Waals surface area contributed by atoms with Crippen molar-refractivity contribution in [2.24, 2.45) is 7.05 Å². The molecule has 0 radical (unpaired) electrons. The molecule has 9 nitrogen and oxygen atoms in total. The molecule has 33 heavy (non-hydrogen) atoms. The van der Waals surface area contributed by atoms with Crippen molar-refractivity contribution in [3.05, 3.63) is 80.7 Å². The number of hydrogen-bond donors (Lipinski definition) is 1. The quantitative estimate of drug-likeness (QED) is 0.438. The van der Waals surface area contributed by atoms with Gasteiger partial charge < -0.3 is 14.6 Å². The highest BCUT2D eigenvalue weighted by atomic mass is 19.1. The van der Waals surface area contributed by atoms with Crippen LogP contribution in [-0.4, -0.2) is 37.5 Å². The van der Waals surface area contributed by atoms with Gasteiger partial charge in [0, 0.05) is 20.2 Å². The van der Waals surface area contributed by atoms with Gasteiger partial charge in [-0.2, -0.15) is 4.98 Å². The summed E-state index contributed by atoms with van der Waals surface area (Å²) in [5, 5.41) is 9.18. The minimum absolute atomic E-state index is 0.0579. The second-order valence-corrected chi connectivity index (χ2v) is 7.41. The van der Waals surface area contributed by atoms with Crippen LogP contribution >= 0.6 is 0 Å². The molecule has 2 aromatic carbocycles. The summed E-state index contributed by atoms with van der Waals surface area (Å²) in [6.45, 7) is 0.0434. The van der Waals surface area contributed by atoms with E-state index < -0.39 is 11.2 Å². The molecule has 4 aromatic rings. The predicted octanol–water partition coefficient (Wildman–Crippen LogP) is 2.27. The number of para-hydroxylation sites is 2. The standard InChI is InChI=1S/C23H23FN4O5/c1-26-20-19(21(30)27(23(26)31)12-5-13-29)28(14-15-8-10-16(24)11-9-15)22(25-20)33-18-7-4-3-6-17(18)32-2/h3-4,6-11,29H,5,12-14H2,1-2H3. The highest BCUT2D eigenvalue weighted by molar-refractivity contribution is 5.72. The van der Waals surface area contributed by atoms with E-state index in [1.807, 2.05) is 0 Å². The molecule has 0 saturated carbocycles. The van der Waals surface area contributed by atoms with Crippen molar-refractivity contribution >= 4 is 11.2 Å². The first kappa shape index (κ1) is 22.3. The number of nitrogens with zero attached hydrogens (tertiary/aromatic N) is 4. The fraction of sp³-hybridized carbons (Fsp3) is 0.261. The van der Waals surface area contributed by atoms with E-state index >= 15 is 0 Å². The number of aryl methyl sites for hydroxylation is 1. The van der Waals surface area contributed by atoms with E-state index in [4.69, 9.17) is 9.47 Å². The number of hydrogen-bond acceptors (Lipinski definition) is 6. The first-order valence-electron chi connectivity index (χ1n) is 10.3. The number of methoxy groups -OCH3 is 1. The van der Waals surface area contributed by atoms with Crippen molar-refractivity contribution in [3.63, 3.8) is 0 Å². The zero-order chi connectivity index (χ0) is 23.5. The van der Waals surface area contributed by atoms with Gasteiger partial charge in [0.25, 0.3) is 5.56 Å². The lowest BCUT2D eigenvalue weighted by molar-refractivity contribution is 0.277. The number of aliphatic hydroxyl groups excluding tert-OH is 1. The summed E-state index contributed by atoms with van der Waals surface area (Å²) >= 11 is 0. The highest BCUT2D eigenvalue weighted by Gasteiger charge is 2.22. The van der Waals surface area contributed by atoms with Crippen LogP contribution in [0.15, 0.2) is 58.1 Å². The maximum atomic E-state index is 13.4. The summed E-state index contributed by atoms with van der Waals surface area (Å²) in [6, 6.07) is 12.9. The van der Waals surface area contributed by atoms with Crippen LogP contribution in [-0.2, 0) is 20.1 Å². The SMILES string of the molecule is COc1ccccc1Oc1nc2c(c(=O)n(CCCO)c(=O)n2C)n1Cc1ccc(F)cc1. The molecule has 0 atom stereocenters. The largest absolute Gasteiger partial charge is 0.493 e. The lowest BCUT2D eigenvalue weighted by atomic mass is 10.2. The fourth-order valence-corrected chi connectivity index (χ4v) is 3.58. The third-order valence-electron chi connectivity index (χ3n) is 5.26. The molecule has 0 aliphatic heterocycles. The van der Waals surface area contributed by atoms with E-state index in [1.54, 1.807) is 41.0 Å². The monoisotopic (exact) mass is 454 g/mol. The van der Waals surface area contributed by atoms with E-state index in [0.29, 0.717) is 17.1 Å². The summed E-state index contributed by atoms with van der Waals surface area (Å²) in [5.74, 6) is 0.460. The predicted molar refractivity (Wildman–Crippen MR) is 120 cm³/mol. The highest BCUT2D eigenvalue weighted by Crippen LogP contribution is 2.32. The van der Waals surface area contributed by atoms with Crippen molar-refractivity contribution in [1.82, 2.24) is 18.7 Å². The van der Waals surface area contributed by atoms with E-state index in [1.165, 1.54) is 30.9 Å². The summed E-state index contributed by atoms with van der Waals surface area (Å²) < 4.78 is 28.7. The molecule has 0 aliphatic rings. The first-order valence-corrected chi connectivity index (χ1v) is 10.3. The van der Waals surface area contributed by atoms with Gasteiger partial charge >= 0.3 is 11.7 Å². The zero-order valence-corrected chi connectivity index (χ0v) is 18.2. The van der Waals surface area contributed by atoms with Crippen LogP contribution in [0.5, 0.6) is 17.5 Å². The van der Waals surface area contributed by atoms with E-state index in [9.17, 15) is 19.1 Å². The Bertz CT molecular complexity index is 1410. The average molecular weight is 454 g/mol. The number of imidazole rings is 1. The van der Waals surface area contributed by atoms with E-state index in [2.05, 4.69) is 4.98 Å². The summed E-state index contributed by atoms with van der Waals surface area (Å²) in [5.41, 5.74) is -0.0838. The number of aliphatic hydroxyl groups is 1. The number of benzene rings is 2. The van der Waals surface area contributed by atoms with Gasteiger partial charge in [0.1, 0.15) is 5.82 Å². The maximum Gasteiger partial charge on any atom is 0.332 e. The van der Waals surface area contributed by atoms with Gasteiger partial charge in [-0.15, -0.1) is 0 Å². The average Bonchev–Trinajstić information content (AvgIpc) is 3.17. The molecule has 0 unspecified atom stereocenters. The second kappa shape index (κ2) is 9.29. The molecule has 4 rings (SSSR count). The lowest BCUT2D eigenvalue weighted by Gasteiger charge is -2.12. The Balaban J connectivity index is 1.94. The van der Waals surface area contributed by atoms with Gasteiger partial charge in [-0.25, -0.2) is 9.18 Å². The van der Waals surface area contributed by atoms with Crippen molar-refractivity contribution in [3.8, 4) is 17.5 Å². The molecular weight excluding hydrogens is 431 g/mol. The van der Waals surface area contributed by atoms with Crippen molar-refractivity contribution in [2.75, 3.05) is 13.7 Å². The molecule has 0 saturated heterocycles. The molecule has 172 valence electrons. The van der Waals surface area contributed by atoms with Gasteiger partial charge in [-0.05, 0) is 36.2 Å². The third kappa shape index (κ3) is 4.24. The van der Waals surface area contributed by atoms with Crippen molar-refractivity contribution in [2.45, 2.75) is 19.5 Å². The smallest absolute Gasteiger partial charge is 0.332 e. The number of halogens is 1. The van der Waals surface area contributed by atoms with Crippen molar-refractivity contribution in [1.29, 1.82) is 0 Å². The van der Waals surface area contributed by atoms with Gasteiger partial charge in [-0.3, -0.25) is 18.5 Å². The van der Waals surface area contributed by atoms with Crippen LogP contribution in [0.1, 0.15) is 12.0 Å². The molecular formula is C23H23FN4O5. The molecule has 2 aromatic heterocycles. The van der Waals surface area contributed by atoms with Crippen LogP contribution in [0, 0.1) is 5.82 Å². The Morgan fingerprint density at radius 1 is 1.03 bits per heavy atom. The first-order chi connectivity index (χ1) is 15.9. The molecule has 0 bridgehead atoms. The Kier molecular flexibility index (Phi) is 6.27. The van der Waals surface area contributed by atoms with Gasteiger partial charge in [0.2, 0.25) is 0 Å². The third-order valence-corrected chi connectivity index (χ3v) is 5.26. The van der Waals surface area contributed by atoms with Crippen LogP contribution in [0.25, 0.3) is 11.2 Å². The molecule has 0 fully saturated rings. The number of fused-ring (bicyclic) bond motifs is 1. The Morgan fingerprint density at radius 2 is 1.73 bits per heavy atom. The Hall–Kier alpha value is -3.92. The summed E-state index contributed by atoms with van der Waals surface area (Å²) in [6.07, 6.45) is 0.247. The molecule has 10 heteroatoms. The number of aromatic nitrogens is 4.